The number of rotatable bonds is 12. The maximum absolute atomic E-state index is 14.0. The first-order valence-corrected chi connectivity index (χ1v) is 20.9. The third-order valence-electron chi connectivity index (χ3n) is 10.8. The number of hydrogen-bond donors (Lipinski definition) is 2. The summed E-state index contributed by atoms with van der Waals surface area (Å²) in [5, 5.41) is 6.24. The lowest BCUT2D eigenvalue weighted by Gasteiger charge is -2.19. The predicted molar refractivity (Wildman–Crippen MR) is 239 cm³/mol. The fourth-order valence-electron chi connectivity index (χ4n) is 7.57. The Bertz CT molecular complexity index is 2890. The van der Waals surface area contributed by atoms with Crippen LogP contribution in [0.5, 0.6) is 5.75 Å². The minimum atomic E-state index is -0.571. The van der Waals surface area contributed by atoms with Gasteiger partial charge in [-0.15, -0.1) is 0 Å². The molecule has 6 aromatic rings. The Morgan fingerprint density at radius 2 is 1.50 bits per heavy atom. The van der Waals surface area contributed by atoms with Crippen LogP contribution in [0.3, 0.4) is 0 Å². The van der Waals surface area contributed by atoms with Crippen molar-refractivity contribution < 1.29 is 24.9 Å². The highest BCUT2D eigenvalue weighted by Gasteiger charge is 2.25. The number of ether oxygens (including phenoxy) is 1. The molecule has 0 aliphatic carbocycles. The number of likely N-dealkylation sites (N-methyl/N-ethyl adjacent to an activating group) is 1. The first-order valence-electron chi connectivity index (χ1n) is 20.9. The molecule has 7 rings (SSSR count). The van der Waals surface area contributed by atoms with Crippen LogP contribution in [0.25, 0.3) is 22.1 Å². The van der Waals surface area contributed by atoms with Gasteiger partial charge in [-0.2, -0.15) is 15.1 Å². The number of benzene rings is 3. The number of hydrazine groups is 1. The zero-order valence-electron chi connectivity index (χ0n) is 37.2. The lowest BCUT2D eigenvalue weighted by molar-refractivity contribution is -0.116. The molecule has 15 nitrogen and oxygen atoms in total. The molecule has 1 aliphatic heterocycles. The second kappa shape index (κ2) is 18.8. The summed E-state index contributed by atoms with van der Waals surface area (Å²) in [6.45, 7) is 17.6. The number of nitrogens with zero attached hydrogens (tertiary/aromatic N) is 9. The van der Waals surface area contributed by atoms with Gasteiger partial charge in [-0.25, -0.2) is 9.82 Å². The van der Waals surface area contributed by atoms with Crippen LogP contribution in [0, 0.1) is 12.7 Å². The normalized spacial score (nSPS) is 14.9. The standard InChI is InChI=1S/C44H50FN11O4.C2H6.H2/c1-9-55-36(20-28(5)49-55)41(58)47-43-52(8)35-22-31(40(46)57)16-19-33(35)53(43)23-26(3)27(4)24-54-39-34(12-11-13-38(39)60-25-30-14-17-32(45)18-15-30)51(7)44(54)48-42(59)37-21-29(6)50-56(37)10-2;1-2;/h11-22,29,50H,9-10,23-25H2,1-8H3,(H2,46,57);1-2H3;1H/b27-26+,47-43?,48-44?;;. The average Bonchev–Trinajstić information content (AvgIpc) is 3.99. The van der Waals surface area contributed by atoms with Crippen LogP contribution in [-0.2, 0) is 45.1 Å². The van der Waals surface area contributed by atoms with E-state index < -0.39 is 17.7 Å². The summed E-state index contributed by atoms with van der Waals surface area (Å²) in [7, 11) is 3.66. The van der Waals surface area contributed by atoms with Gasteiger partial charge in [-0.1, -0.05) is 43.2 Å². The van der Waals surface area contributed by atoms with Crippen LogP contribution in [0.4, 0.5) is 4.39 Å². The Hall–Kier alpha value is -6.81. The summed E-state index contributed by atoms with van der Waals surface area (Å²) >= 11 is 0. The summed E-state index contributed by atoms with van der Waals surface area (Å²) in [6, 6.07) is 18.7. The van der Waals surface area contributed by atoms with Gasteiger partial charge >= 0.3 is 0 Å². The number of nitrogens with two attached hydrogens (primary N) is 1. The largest absolute Gasteiger partial charge is 0.487 e. The highest BCUT2D eigenvalue weighted by atomic mass is 19.1. The van der Waals surface area contributed by atoms with E-state index in [0.29, 0.717) is 71.3 Å². The van der Waals surface area contributed by atoms with Gasteiger partial charge in [0, 0.05) is 53.3 Å². The Labute approximate surface area is 361 Å². The van der Waals surface area contributed by atoms with Crippen LogP contribution in [0.1, 0.15) is 82.0 Å². The van der Waals surface area contributed by atoms with Crippen molar-refractivity contribution >= 4 is 39.8 Å². The molecule has 3 amide bonds. The summed E-state index contributed by atoms with van der Waals surface area (Å²) < 4.78 is 29.3. The van der Waals surface area contributed by atoms with Crippen molar-refractivity contribution in [3.8, 4) is 5.75 Å². The summed E-state index contributed by atoms with van der Waals surface area (Å²) in [4.78, 5) is 49.4. The molecule has 0 radical (unpaired) electrons. The molecule has 3 aromatic heterocycles. The zero-order valence-corrected chi connectivity index (χ0v) is 37.2. The van der Waals surface area contributed by atoms with E-state index in [0.717, 1.165) is 33.3 Å². The van der Waals surface area contributed by atoms with Gasteiger partial charge in [0.2, 0.25) is 17.1 Å². The molecule has 62 heavy (non-hydrogen) atoms. The van der Waals surface area contributed by atoms with Gasteiger partial charge in [-0.05, 0) is 102 Å². The number of imidazole rings is 2. The second-order valence-electron chi connectivity index (χ2n) is 15.1. The minimum absolute atomic E-state index is 0. The molecule has 328 valence electrons. The lowest BCUT2D eigenvalue weighted by Crippen LogP contribution is -2.37. The van der Waals surface area contributed by atoms with E-state index >= 15 is 0 Å². The lowest BCUT2D eigenvalue weighted by atomic mass is 10.1. The van der Waals surface area contributed by atoms with Crippen molar-refractivity contribution in [1.29, 1.82) is 0 Å². The van der Waals surface area contributed by atoms with E-state index in [9.17, 15) is 18.8 Å². The Morgan fingerprint density at radius 1 is 0.855 bits per heavy atom. The molecule has 0 fully saturated rings. The molecule has 3 aromatic carbocycles. The van der Waals surface area contributed by atoms with Gasteiger partial charge < -0.3 is 33.7 Å². The number of aromatic nitrogens is 6. The summed E-state index contributed by atoms with van der Waals surface area (Å²) in [5.74, 6) is -1.18. The number of carbonyl (C=O) groups is 3. The van der Waals surface area contributed by atoms with E-state index in [-0.39, 0.29) is 19.9 Å². The summed E-state index contributed by atoms with van der Waals surface area (Å²) in [6.07, 6.45) is 1.87. The van der Waals surface area contributed by atoms with E-state index in [2.05, 4.69) is 15.5 Å². The van der Waals surface area contributed by atoms with E-state index in [1.165, 1.54) is 12.1 Å². The highest BCUT2D eigenvalue weighted by Crippen LogP contribution is 2.28. The van der Waals surface area contributed by atoms with Crippen molar-refractivity contribution in [1.82, 2.24) is 38.5 Å². The van der Waals surface area contributed by atoms with Crippen LogP contribution in [0.15, 0.2) is 99.6 Å². The molecule has 16 heteroatoms. The van der Waals surface area contributed by atoms with Crippen molar-refractivity contribution in [2.75, 3.05) is 6.54 Å². The zero-order chi connectivity index (χ0) is 45.0. The van der Waals surface area contributed by atoms with Crippen molar-refractivity contribution in [2.24, 2.45) is 29.8 Å². The number of aryl methyl sites for hydroxylation is 4. The first kappa shape index (κ1) is 44.7. The topological polar surface area (TPSA) is 164 Å². The van der Waals surface area contributed by atoms with Gasteiger partial charge in [0.1, 0.15) is 35.1 Å². The SMILES string of the molecule is CC.CCN1NC(C)C=C1C(=O)N=c1n(C)c2cccc(OCc3ccc(F)cc3)c2n1C/C(C)=C(\C)Cn1c(=NC(=O)c2cc(C)nn2CC)n(C)c2cc(C(N)=O)ccc21.[HH]. The maximum atomic E-state index is 14.0. The smallest absolute Gasteiger partial charge is 0.298 e. The quantitative estimate of drug-likeness (QED) is 0.139. The number of para-hydroxylation sites is 1. The van der Waals surface area contributed by atoms with Crippen molar-refractivity contribution in [3.63, 3.8) is 0 Å². The molecule has 0 saturated carbocycles. The number of hydrogen-bond acceptors (Lipinski definition) is 7. The highest BCUT2D eigenvalue weighted by molar-refractivity contribution is 5.97. The van der Waals surface area contributed by atoms with Crippen LogP contribution < -0.4 is 27.1 Å². The molecule has 0 spiro atoms. The number of carbonyl (C=O) groups excluding carboxylic acids is 3. The summed E-state index contributed by atoms with van der Waals surface area (Å²) in [5.41, 5.74) is 17.2. The molecular formula is C46H58FN11O4. The Balaban J connectivity index is 0.00000246. The average molecular weight is 848 g/mol. The predicted octanol–water partition coefficient (Wildman–Crippen LogP) is 6.20. The van der Waals surface area contributed by atoms with E-state index in [1.807, 2.05) is 106 Å². The first-order chi connectivity index (χ1) is 29.7. The Morgan fingerprint density at radius 3 is 2.16 bits per heavy atom. The molecule has 1 atom stereocenters. The molecule has 4 heterocycles. The number of fused-ring (bicyclic) bond motifs is 2. The number of halogens is 1. The molecular weight excluding hydrogens is 790 g/mol. The van der Waals surface area contributed by atoms with Crippen molar-refractivity contribution in [2.45, 2.75) is 87.7 Å². The monoisotopic (exact) mass is 847 g/mol. The number of nitrogens with one attached hydrogen (secondary N) is 1. The molecule has 3 N–H and O–H groups in total. The van der Waals surface area contributed by atoms with Crippen molar-refractivity contribution in [3.05, 3.63) is 129 Å². The molecule has 0 saturated heterocycles. The van der Waals surface area contributed by atoms with E-state index in [4.69, 9.17) is 15.5 Å². The minimum Gasteiger partial charge on any atom is -0.487 e. The number of allylic oxidation sites excluding steroid dienone is 2. The molecule has 1 aliphatic rings. The molecule has 0 bridgehead atoms. The third-order valence-corrected chi connectivity index (χ3v) is 10.8. The van der Waals surface area contributed by atoms with Gasteiger partial charge in [0.25, 0.3) is 11.8 Å². The van der Waals surface area contributed by atoms with Crippen LogP contribution in [-0.4, -0.2) is 63.4 Å². The van der Waals surface area contributed by atoms with Gasteiger partial charge in [0.15, 0.2) is 0 Å². The Kier molecular flexibility index (Phi) is 13.6. The maximum Gasteiger partial charge on any atom is 0.298 e. The fourth-order valence-corrected chi connectivity index (χ4v) is 7.57. The van der Waals surface area contributed by atoms with Crippen LogP contribution in [0.2, 0.25) is 0 Å². The van der Waals surface area contributed by atoms with Gasteiger partial charge in [0.05, 0.1) is 22.2 Å². The van der Waals surface area contributed by atoms with Gasteiger partial charge in [-0.3, -0.25) is 19.1 Å². The van der Waals surface area contributed by atoms with Crippen LogP contribution >= 0.6 is 0 Å². The second-order valence-corrected chi connectivity index (χ2v) is 15.1. The molecule has 1 unspecified atom stereocenters. The van der Waals surface area contributed by atoms with E-state index in [1.54, 1.807) is 51.6 Å². The fraction of sp³-hybridized carbons (Fsp3) is 0.348. The number of amides is 3. The number of primary amides is 1. The third kappa shape index (κ3) is 8.96.